The Hall–Kier alpha value is -1.88. The fraction of sp³-hybridized carbons (Fsp3) is 0.500. The van der Waals surface area contributed by atoms with Gasteiger partial charge >= 0.3 is 11.9 Å². The van der Waals surface area contributed by atoms with Gasteiger partial charge in [-0.3, -0.25) is 9.59 Å². The molecule has 0 bridgehead atoms. The molecule has 0 atom stereocenters. The second kappa shape index (κ2) is 7.78. The lowest BCUT2D eigenvalue weighted by atomic mass is 9.80. The number of ether oxygens (including phenoxy) is 3. The number of esters is 2. The van der Waals surface area contributed by atoms with E-state index in [1.54, 1.807) is 26.0 Å². The van der Waals surface area contributed by atoms with Crippen LogP contribution in [0.25, 0.3) is 0 Å². The van der Waals surface area contributed by atoms with Crippen LogP contribution in [-0.4, -0.2) is 38.9 Å². The van der Waals surface area contributed by atoms with Gasteiger partial charge < -0.3 is 14.2 Å². The summed E-state index contributed by atoms with van der Waals surface area (Å²) in [5.74, 6) is -1.32. The average Bonchev–Trinajstić information content (AvgIpc) is 2.46. The number of carbonyl (C=O) groups excluding carboxylic acids is 2. The normalized spacial score (nSPS) is 11.0. The maximum absolute atomic E-state index is 12.5. The smallest absolute Gasteiger partial charge is 0.330 e. The number of hydrogen-bond acceptors (Lipinski definition) is 5. The summed E-state index contributed by atoms with van der Waals surface area (Å²) >= 11 is 0. The van der Waals surface area contributed by atoms with Crippen molar-refractivity contribution in [3.05, 3.63) is 35.4 Å². The first-order valence-corrected chi connectivity index (χ1v) is 6.93. The zero-order valence-electron chi connectivity index (χ0n) is 13.0. The van der Waals surface area contributed by atoms with Crippen molar-refractivity contribution in [3.63, 3.8) is 0 Å². The summed E-state index contributed by atoms with van der Waals surface area (Å²) in [5, 5.41) is 0. The quantitative estimate of drug-likeness (QED) is 0.568. The van der Waals surface area contributed by atoms with E-state index in [2.05, 4.69) is 0 Å². The van der Waals surface area contributed by atoms with Crippen LogP contribution in [0.2, 0.25) is 0 Å². The number of hydrogen-bond donors (Lipinski definition) is 0. The van der Waals surface area contributed by atoms with E-state index in [9.17, 15) is 9.59 Å². The van der Waals surface area contributed by atoms with Gasteiger partial charge in [0.05, 0.1) is 19.8 Å². The molecule has 1 aromatic carbocycles. The van der Waals surface area contributed by atoms with E-state index in [4.69, 9.17) is 14.2 Å². The molecule has 0 aliphatic carbocycles. The Bertz CT molecular complexity index is 460. The van der Waals surface area contributed by atoms with E-state index in [-0.39, 0.29) is 19.8 Å². The van der Waals surface area contributed by atoms with Gasteiger partial charge in [-0.15, -0.1) is 0 Å². The van der Waals surface area contributed by atoms with Crippen LogP contribution in [-0.2, 0) is 29.2 Å². The molecule has 1 rings (SSSR count). The van der Waals surface area contributed by atoms with Gasteiger partial charge in [0.2, 0.25) is 5.41 Å². The van der Waals surface area contributed by atoms with Crippen LogP contribution in [0.4, 0.5) is 0 Å². The molecule has 0 fully saturated rings. The van der Waals surface area contributed by atoms with Crippen LogP contribution in [0, 0.1) is 6.92 Å². The molecule has 0 aliphatic rings. The zero-order chi connectivity index (χ0) is 15.9. The summed E-state index contributed by atoms with van der Waals surface area (Å²) in [6, 6.07) is 7.11. The van der Waals surface area contributed by atoms with Gasteiger partial charge in [0.1, 0.15) is 0 Å². The van der Waals surface area contributed by atoms with Gasteiger partial charge in [0, 0.05) is 7.11 Å². The average molecular weight is 294 g/mol. The SMILES string of the molecule is CCOC(=O)C(COC)(C(=O)OCC)c1ccc(C)cc1. The van der Waals surface area contributed by atoms with E-state index in [0.29, 0.717) is 5.56 Å². The largest absolute Gasteiger partial charge is 0.465 e. The van der Waals surface area contributed by atoms with Gasteiger partial charge in [0.15, 0.2) is 0 Å². The van der Waals surface area contributed by atoms with E-state index < -0.39 is 17.4 Å². The number of benzene rings is 1. The number of methoxy groups -OCH3 is 1. The predicted octanol–water partition coefficient (Wildman–Crippen LogP) is 2.01. The van der Waals surface area contributed by atoms with E-state index >= 15 is 0 Å². The monoisotopic (exact) mass is 294 g/mol. The van der Waals surface area contributed by atoms with E-state index in [0.717, 1.165) is 5.56 Å². The Morgan fingerprint density at radius 1 is 1.00 bits per heavy atom. The Morgan fingerprint density at radius 2 is 1.48 bits per heavy atom. The lowest BCUT2D eigenvalue weighted by Crippen LogP contribution is -2.49. The van der Waals surface area contributed by atoms with Crippen molar-refractivity contribution < 1.29 is 23.8 Å². The highest BCUT2D eigenvalue weighted by molar-refractivity contribution is 6.06. The molecule has 0 N–H and O–H groups in total. The molecule has 1 aromatic rings. The van der Waals surface area contributed by atoms with Crippen molar-refractivity contribution in [1.29, 1.82) is 0 Å². The third kappa shape index (κ3) is 3.61. The van der Waals surface area contributed by atoms with Gasteiger partial charge in [-0.2, -0.15) is 0 Å². The molecule has 21 heavy (non-hydrogen) atoms. The van der Waals surface area contributed by atoms with Crippen molar-refractivity contribution in [1.82, 2.24) is 0 Å². The lowest BCUT2D eigenvalue weighted by Gasteiger charge is -2.28. The van der Waals surface area contributed by atoms with E-state index in [1.807, 2.05) is 19.1 Å². The van der Waals surface area contributed by atoms with Crippen LogP contribution in [0.15, 0.2) is 24.3 Å². The maximum Gasteiger partial charge on any atom is 0.330 e. The number of carbonyl (C=O) groups is 2. The molecule has 0 amide bonds. The number of aryl methyl sites for hydroxylation is 1. The summed E-state index contributed by atoms with van der Waals surface area (Å²) in [6.07, 6.45) is 0. The molecule has 0 aliphatic heterocycles. The minimum Gasteiger partial charge on any atom is -0.465 e. The fourth-order valence-electron chi connectivity index (χ4n) is 2.08. The first-order valence-electron chi connectivity index (χ1n) is 6.93. The zero-order valence-corrected chi connectivity index (χ0v) is 13.0. The van der Waals surface area contributed by atoms with Crippen molar-refractivity contribution in [2.24, 2.45) is 0 Å². The summed E-state index contributed by atoms with van der Waals surface area (Å²) < 4.78 is 15.3. The second-order valence-electron chi connectivity index (χ2n) is 4.65. The highest BCUT2D eigenvalue weighted by atomic mass is 16.6. The lowest BCUT2D eigenvalue weighted by molar-refractivity contribution is -0.167. The third-order valence-corrected chi connectivity index (χ3v) is 3.15. The Morgan fingerprint density at radius 3 is 1.86 bits per heavy atom. The Kier molecular flexibility index (Phi) is 6.37. The first-order chi connectivity index (χ1) is 10.0. The minimum absolute atomic E-state index is 0.131. The molecular formula is C16H22O5. The van der Waals surface area contributed by atoms with Gasteiger partial charge in [-0.1, -0.05) is 29.8 Å². The Labute approximate surface area is 125 Å². The van der Waals surface area contributed by atoms with Crippen LogP contribution in [0.3, 0.4) is 0 Å². The second-order valence-corrected chi connectivity index (χ2v) is 4.65. The molecule has 5 heteroatoms. The highest BCUT2D eigenvalue weighted by Gasteiger charge is 2.51. The van der Waals surface area contributed by atoms with Crippen LogP contribution >= 0.6 is 0 Å². The van der Waals surface area contributed by atoms with Crippen LogP contribution in [0.5, 0.6) is 0 Å². The molecule has 0 radical (unpaired) electrons. The highest BCUT2D eigenvalue weighted by Crippen LogP contribution is 2.29. The Balaban J connectivity index is 3.38. The molecule has 0 saturated heterocycles. The summed E-state index contributed by atoms with van der Waals surface area (Å²) in [5.41, 5.74) is -0.0568. The minimum atomic E-state index is -1.59. The van der Waals surface area contributed by atoms with Crippen molar-refractivity contribution in [2.45, 2.75) is 26.2 Å². The fourth-order valence-corrected chi connectivity index (χ4v) is 2.08. The third-order valence-electron chi connectivity index (χ3n) is 3.15. The number of rotatable bonds is 7. The standard InChI is InChI=1S/C16H22O5/c1-5-20-14(17)16(11-19-4,15(18)21-6-2)13-9-7-12(3)8-10-13/h7-10H,5-6,11H2,1-4H3. The summed E-state index contributed by atoms with van der Waals surface area (Å²) in [6.45, 7) is 5.53. The first kappa shape index (κ1) is 17.2. The van der Waals surface area contributed by atoms with Crippen molar-refractivity contribution >= 4 is 11.9 Å². The molecule has 0 saturated carbocycles. The van der Waals surface area contributed by atoms with Crippen LogP contribution in [0.1, 0.15) is 25.0 Å². The molecule has 0 heterocycles. The molecule has 0 aromatic heterocycles. The predicted molar refractivity (Wildman–Crippen MR) is 78.0 cm³/mol. The topological polar surface area (TPSA) is 61.8 Å². The molecule has 0 unspecified atom stereocenters. The van der Waals surface area contributed by atoms with Gasteiger partial charge in [-0.25, -0.2) is 0 Å². The van der Waals surface area contributed by atoms with E-state index in [1.165, 1.54) is 7.11 Å². The molecular weight excluding hydrogens is 272 g/mol. The summed E-state index contributed by atoms with van der Waals surface area (Å²) in [7, 11) is 1.43. The summed E-state index contributed by atoms with van der Waals surface area (Å²) in [4.78, 5) is 24.9. The van der Waals surface area contributed by atoms with Gasteiger partial charge in [0.25, 0.3) is 0 Å². The van der Waals surface area contributed by atoms with Gasteiger partial charge in [-0.05, 0) is 26.3 Å². The maximum atomic E-state index is 12.5. The molecule has 116 valence electrons. The van der Waals surface area contributed by atoms with Crippen molar-refractivity contribution in [3.8, 4) is 0 Å². The molecule has 0 spiro atoms. The molecule has 5 nitrogen and oxygen atoms in total. The van der Waals surface area contributed by atoms with Crippen molar-refractivity contribution in [2.75, 3.05) is 26.9 Å². The van der Waals surface area contributed by atoms with Crippen LogP contribution < -0.4 is 0 Å².